The van der Waals surface area contributed by atoms with Crippen molar-refractivity contribution in [2.45, 2.75) is 6.54 Å². The number of carbonyl (C=O) groups excluding carboxylic acids is 1. The molecule has 0 saturated heterocycles. The van der Waals surface area contributed by atoms with Gasteiger partial charge in [0.25, 0.3) is 5.91 Å². The molecule has 0 fully saturated rings. The van der Waals surface area contributed by atoms with Crippen molar-refractivity contribution in [2.24, 2.45) is 10.7 Å². The summed E-state index contributed by atoms with van der Waals surface area (Å²) in [6.07, 6.45) is 0. The van der Waals surface area contributed by atoms with Gasteiger partial charge in [-0.2, -0.15) is 0 Å². The zero-order valence-electron chi connectivity index (χ0n) is 14.7. The summed E-state index contributed by atoms with van der Waals surface area (Å²) in [6, 6.07) is 11.5. The van der Waals surface area contributed by atoms with Crippen molar-refractivity contribution in [1.82, 2.24) is 20.1 Å². The maximum absolute atomic E-state index is 14.4. The molecule has 3 N–H and O–H groups in total. The number of halogens is 2. The van der Waals surface area contributed by atoms with E-state index in [1.54, 1.807) is 41.1 Å². The zero-order chi connectivity index (χ0) is 19.7. The number of nitrogens with two attached hydrogens (primary N) is 1. The molecule has 1 amide bonds. The molecule has 142 valence electrons. The molecule has 7 nitrogen and oxygen atoms in total. The highest BCUT2D eigenvalue weighted by Crippen LogP contribution is 2.27. The molecule has 28 heavy (non-hydrogen) atoms. The minimum absolute atomic E-state index is 0.0221. The number of hydrogen-bond donors (Lipinski definition) is 2. The van der Waals surface area contributed by atoms with E-state index >= 15 is 0 Å². The van der Waals surface area contributed by atoms with Crippen LogP contribution in [0.25, 0.3) is 5.69 Å². The van der Waals surface area contributed by atoms with Crippen LogP contribution in [0.5, 0.6) is 0 Å². The van der Waals surface area contributed by atoms with Crippen LogP contribution >= 0.6 is 11.6 Å². The Bertz CT molecular complexity index is 1090. The number of hydrogen-bond acceptors (Lipinski definition) is 5. The third kappa shape index (κ3) is 3.28. The first kappa shape index (κ1) is 18.3. The first-order valence-corrected chi connectivity index (χ1v) is 9.00. The van der Waals surface area contributed by atoms with Crippen LogP contribution < -0.4 is 11.1 Å². The molecule has 0 radical (unpaired) electrons. The molecular weight excluding hydrogens is 383 g/mol. The number of rotatable bonds is 4. The van der Waals surface area contributed by atoms with Gasteiger partial charge in [-0.15, -0.1) is 5.10 Å². The number of benzene rings is 2. The second kappa shape index (κ2) is 7.49. The van der Waals surface area contributed by atoms with Gasteiger partial charge in [0, 0.05) is 29.2 Å². The quantitative estimate of drug-likeness (QED) is 0.703. The molecule has 2 heterocycles. The van der Waals surface area contributed by atoms with Gasteiger partial charge in [0.15, 0.2) is 5.82 Å². The lowest BCUT2D eigenvalue weighted by atomic mass is 10.00. The van der Waals surface area contributed by atoms with Gasteiger partial charge in [-0.3, -0.25) is 9.79 Å². The van der Waals surface area contributed by atoms with E-state index in [0.29, 0.717) is 46.5 Å². The molecule has 1 aliphatic rings. The molecule has 0 spiro atoms. The van der Waals surface area contributed by atoms with E-state index in [9.17, 15) is 9.18 Å². The van der Waals surface area contributed by atoms with E-state index < -0.39 is 5.91 Å². The Balaban J connectivity index is 1.84. The highest BCUT2D eigenvalue weighted by atomic mass is 35.5. The molecular formula is C19H16ClFN6O. The van der Waals surface area contributed by atoms with Crippen molar-refractivity contribution in [2.75, 3.05) is 13.1 Å². The Morgan fingerprint density at radius 2 is 2.07 bits per heavy atom. The van der Waals surface area contributed by atoms with E-state index in [4.69, 9.17) is 17.3 Å². The van der Waals surface area contributed by atoms with Crippen molar-refractivity contribution < 1.29 is 9.18 Å². The fourth-order valence-corrected chi connectivity index (χ4v) is 3.17. The lowest BCUT2D eigenvalue weighted by molar-refractivity contribution is 0.0944. The fourth-order valence-electron chi connectivity index (χ4n) is 3.00. The summed E-state index contributed by atoms with van der Waals surface area (Å²) in [5.74, 6) is -0.317. The molecule has 0 bridgehead atoms. The van der Waals surface area contributed by atoms with E-state index in [1.807, 2.05) is 0 Å². The number of carbonyl (C=O) groups is 1. The summed E-state index contributed by atoms with van der Waals surface area (Å²) < 4.78 is 16.0. The second-order valence-electron chi connectivity index (χ2n) is 6.11. The van der Waals surface area contributed by atoms with E-state index in [0.717, 1.165) is 0 Å². The van der Waals surface area contributed by atoms with Gasteiger partial charge in [0.1, 0.15) is 5.82 Å². The zero-order valence-corrected chi connectivity index (χ0v) is 15.4. The average Bonchev–Trinajstić information content (AvgIpc) is 3.06. The van der Waals surface area contributed by atoms with Crippen molar-refractivity contribution in [3.63, 3.8) is 0 Å². The smallest absolute Gasteiger partial charge is 0.291 e. The SMILES string of the molecule is NCCNC(=O)c1nc2n(n1)-c1ccc(Cl)cc1C(c1ccccc1F)=NC2. The molecule has 4 rings (SSSR count). The Labute approximate surface area is 165 Å². The summed E-state index contributed by atoms with van der Waals surface area (Å²) in [7, 11) is 0. The summed E-state index contributed by atoms with van der Waals surface area (Å²) in [4.78, 5) is 21.0. The molecule has 0 aliphatic carbocycles. The highest BCUT2D eigenvalue weighted by Gasteiger charge is 2.25. The van der Waals surface area contributed by atoms with Gasteiger partial charge >= 0.3 is 0 Å². The number of nitrogens with one attached hydrogen (secondary N) is 1. The summed E-state index contributed by atoms with van der Waals surface area (Å²) in [5.41, 5.74) is 7.45. The largest absolute Gasteiger partial charge is 0.348 e. The molecule has 1 aromatic heterocycles. The number of amides is 1. The monoisotopic (exact) mass is 398 g/mol. The lowest BCUT2D eigenvalue weighted by Crippen LogP contribution is -2.29. The van der Waals surface area contributed by atoms with Crippen LogP contribution in [0, 0.1) is 5.82 Å². The standard InChI is InChI=1S/C19H16ClFN6O/c20-11-5-6-15-13(9-11)17(12-3-1-2-4-14(12)21)24-10-16-25-18(26-27(15)16)19(28)23-8-7-22/h1-6,9H,7-8,10,22H2,(H,23,28). The first-order chi connectivity index (χ1) is 13.6. The average molecular weight is 399 g/mol. The Morgan fingerprint density at radius 3 is 2.86 bits per heavy atom. The lowest BCUT2D eigenvalue weighted by Gasteiger charge is -2.11. The van der Waals surface area contributed by atoms with Gasteiger partial charge in [-0.05, 0) is 30.3 Å². The number of aliphatic imine (C=N–C) groups is 1. The predicted octanol–water partition coefficient (Wildman–Crippen LogP) is 2.10. The van der Waals surface area contributed by atoms with Gasteiger partial charge in [0.2, 0.25) is 5.82 Å². The minimum atomic E-state index is -0.417. The van der Waals surface area contributed by atoms with Crippen LogP contribution in [0.2, 0.25) is 5.02 Å². The molecule has 1 aliphatic heterocycles. The van der Waals surface area contributed by atoms with Gasteiger partial charge < -0.3 is 11.1 Å². The maximum Gasteiger partial charge on any atom is 0.291 e. The van der Waals surface area contributed by atoms with Crippen molar-refractivity contribution in [3.05, 3.63) is 76.1 Å². The van der Waals surface area contributed by atoms with Crippen molar-refractivity contribution in [1.29, 1.82) is 0 Å². The molecule has 0 unspecified atom stereocenters. The summed E-state index contributed by atoms with van der Waals surface area (Å²) >= 11 is 6.19. The van der Waals surface area contributed by atoms with Crippen LogP contribution in [0.4, 0.5) is 4.39 Å². The van der Waals surface area contributed by atoms with Crippen molar-refractivity contribution >= 4 is 23.2 Å². The Hall–Kier alpha value is -3.10. The number of aromatic nitrogens is 3. The van der Waals surface area contributed by atoms with E-state index in [1.165, 1.54) is 6.07 Å². The van der Waals surface area contributed by atoms with Crippen LogP contribution in [-0.4, -0.2) is 39.5 Å². The summed E-state index contributed by atoms with van der Waals surface area (Å²) in [5, 5.41) is 7.45. The minimum Gasteiger partial charge on any atom is -0.348 e. The first-order valence-electron chi connectivity index (χ1n) is 8.62. The van der Waals surface area contributed by atoms with E-state index in [2.05, 4.69) is 20.4 Å². The van der Waals surface area contributed by atoms with Crippen LogP contribution in [-0.2, 0) is 6.54 Å². The third-order valence-electron chi connectivity index (χ3n) is 4.26. The van der Waals surface area contributed by atoms with Crippen LogP contribution in [0.3, 0.4) is 0 Å². The maximum atomic E-state index is 14.4. The second-order valence-corrected chi connectivity index (χ2v) is 6.55. The van der Waals surface area contributed by atoms with Crippen molar-refractivity contribution in [3.8, 4) is 5.69 Å². The third-order valence-corrected chi connectivity index (χ3v) is 4.49. The molecule has 3 aromatic rings. The van der Waals surface area contributed by atoms with Crippen LogP contribution in [0.15, 0.2) is 47.5 Å². The summed E-state index contributed by atoms with van der Waals surface area (Å²) in [6.45, 7) is 0.772. The highest BCUT2D eigenvalue weighted by molar-refractivity contribution is 6.31. The van der Waals surface area contributed by atoms with Gasteiger partial charge in [-0.1, -0.05) is 23.7 Å². The molecule has 0 atom stereocenters. The predicted molar refractivity (Wildman–Crippen MR) is 103 cm³/mol. The van der Waals surface area contributed by atoms with Crippen LogP contribution in [0.1, 0.15) is 27.6 Å². The number of nitrogens with zero attached hydrogens (tertiary/aromatic N) is 4. The molecule has 9 heteroatoms. The fraction of sp³-hybridized carbons (Fsp3) is 0.158. The van der Waals surface area contributed by atoms with E-state index in [-0.39, 0.29) is 18.2 Å². The van der Waals surface area contributed by atoms with Gasteiger partial charge in [0.05, 0.1) is 17.9 Å². The normalized spacial score (nSPS) is 12.6. The van der Waals surface area contributed by atoms with Gasteiger partial charge in [-0.25, -0.2) is 14.1 Å². The topological polar surface area (TPSA) is 98.2 Å². The molecule has 2 aromatic carbocycles. The Morgan fingerprint density at radius 1 is 1.25 bits per heavy atom. The Kier molecular flexibility index (Phi) is 4.89. The number of fused-ring (bicyclic) bond motifs is 3. The molecule has 0 saturated carbocycles.